The Morgan fingerprint density at radius 1 is 1.14 bits per heavy atom. The van der Waals surface area contributed by atoms with Crippen LogP contribution in [0.25, 0.3) is 0 Å². The van der Waals surface area contributed by atoms with Gasteiger partial charge in [-0.15, -0.1) is 11.6 Å². The van der Waals surface area contributed by atoms with Crippen LogP contribution in [0.4, 0.5) is 5.69 Å². The Bertz CT molecular complexity index is 502. The predicted octanol–water partition coefficient (Wildman–Crippen LogP) is 4.97. The summed E-state index contributed by atoms with van der Waals surface area (Å²) in [5.74, 6) is 2.56. The second-order valence-electron chi connectivity index (χ2n) is 6.64. The van der Waals surface area contributed by atoms with Crippen molar-refractivity contribution in [2.45, 2.75) is 50.8 Å². The molecule has 2 aliphatic rings. The number of amides is 1. The van der Waals surface area contributed by atoms with E-state index in [2.05, 4.69) is 5.32 Å². The van der Waals surface area contributed by atoms with Crippen molar-refractivity contribution in [3.05, 3.63) is 29.8 Å². The summed E-state index contributed by atoms with van der Waals surface area (Å²) < 4.78 is 0. The van der Waals surface area contributed by atoms with E-state index in [0.29, 0.717) is 5.88 Å². The summed E-state index contributed by atoms with van der Waals surface area (Å²) in [7, 11) is 0. The van der Waals surface area contributed by atoms with E-state index in [0.717, 1.165) is 35.9 Å². The average Bonchev–Trinajstić information content (AvgIpc) is 2.54. The standard InChI is InChI=1S/C18H24ClNO/c19-12-13-4-3-7-17(10-13)20-18(21)16-9-8-14-5-1-2-6-15(14)11-16/h3-4,7,10,14-16H,1-2,5-6,8-9,11-12H2,(H,20,21). The van der Waals surface area contributed by atoms with Crippen molar-refractivity contribution in [2.75, 3.05) is 5.32 Å². The molecule has 21 heavy (non-hydrogen) atoms. The van der Waals surface area contributed by atoms with Crippen molar-refractivity contribution in [3.8, 4) is 0 Å². The van der Waals surface area contributed by atoms with Crippen LogP contribution in [0.3, 0.4) is 0 Å². The molecular formula is C18H24ClNO. The molecule has 114 valence electrons. The monoisotopic (exact) mass is 305 g/mol. The molecule has 0 aliphatic heterocycles. The highest BCUT2D eigenvalue weighted by atomic mass is 35.5. The molecule has 2 aliphatic carbocycles. The minimum atomic E-state index is 0.198. The molecule has 3 heteroatoms. The predicted molar refractivity (Wildman–Crippen MR) is 87.4 cm³/mol. The van der Waals surface area contributed by atoms with E-state index in [-0.39, 0.29) is 11.8 Å². The number of carbonyl (C=O) groups excluding carboxylic acids is 1. The zero-order chi connectivity index (χ0) is 14.7. The molecule has 3 rings (SSSR count). The van der Waals surface area contributed by atoms with Crippen LogP contribution in [0.1, 0.15) is 50.5 Å². The lowest BCUT2D eigenvalue weighted by molar-refractivity contribution is -0.122. The highest BCUT2D eigenvalue weighted by molar-refractivity contribution is 6.17. The van der Waals surface area contributed by atoms with Crippen molar-refractivity contribution in [1.29, 1.82) is 0 Å². The van der Waals surface area contributed by atoms with Gasteiger partial charge in [-0.3, -0.25) is 4.79 Å². The number of alkyl halides is 1. The molecule has 3 atom stereocenters. The lowest BCUT2D eigenvalue weighted by atomic mass is 9.67. The van der Waals surface area contributed by atoms with Gasteiger partial charge in [0.05, 0.1) is 0 Å². The van der Waals surface area contributed by atoms with Crippen LogP contribution in [-0.2, 0) is 10.7 Å². The maximum absolute atomic E-state index is 12.5. The molecular weight excluding hydrogens is 282 g/mol. The molecule has 2 fully saturated rings. The summed E-state index contributed by atoms with van der Waals surface area (Å²) in [6, 6.07) is 7.85. The van der Waals surface area contributed by atoms with Crippen molar-refractivity contribution < 1.29 is 4.79 Å². The molecule has 2 saturated carbocycles. The summed E-state index contributed by atoms with van der Waals surface area (Å²) in [6.07, 6.45) is 8.85. The Labute approximate surface area is 132 Å². The minimum Gasteiger partial charge on any atom is -0.326 e. The first-order valence-corrected chi connectivity index (χ1v) is 8.75. The maximum atomic E-state index is 12.5. The van der Waals surface area contributed by atoms with Crippen LogP contribution < -0.4 is 5.32 Å². The van der Waals surface area contributed by atoms with Gasteiger partial charge in [-0.25, -0.2) is 0 Å². The van der Waals surface area contributed by atoms with Crippen LogP contribution in [0, 0.1) is 17.8 Å². The lowest BCUT2D eigenvalue weighted by Gasteiger charge is -2.38. The Balaban J connectivity index is 1.60. The molecule has 1 aromatic rings. The number of rotatable bonds is 3. The number of nitrogens with one attached hydrogen (secondary N) is 1. The second kappa shape index (κ2) is 6.83. The van der Waals surface area contributed by atoms with Gasteiger partial charge in [0, 0.05) is 17.5 Å². The highest BCUT2D eigenvalue weighted by Gasteiger charge is 2.34. The Morgan fingerprint density at radius 2 is 1.95 bits per heavy atom. The summed E-state index contributed by atoms with van der Waals surface area (Å²) >= 11 is 5.85. The molecule has 0 spiro atoms. The SMILES string of the molecule is O=C(Nc1cccc(CCl)c1)C1CCC2CCCCC2C1. The third-order valence-electron chi connectivity index (χ3n) is 5.26. The molecule has 1 N–H and O–H groups in total. The largest absolute Gasteiger partial charge is 0.326 e. The van der Waals surface area contributed by atoms with Crippen LogP contribution >= 0.6 is 11.6 Å². The summed E-state index contributed by atoms with van der Waals surface area (Å²) in [4.78, 5) is 12.5. The average molecular weight is 306 g/mol. The van der Waals surface area contributed by atoms with Gasteiger partial charge in [0.25, 0.3) is 0 Å². The van der Waals surface area contributed by atoms with E-state index in [1.54, 1.807) is 0 Å². The van der Waals surface area contributed by atoms with Crippen molar-refractivity contribution in [2.24, 2.45) is 17.8 Å². The fraction of sp³-hybridized carbons (Fsp3) is 0.611. The van der Waals surface area contributed by atoms with Gasteiger partial charge in [0.2, 0.25) is 5.91 Å². The molecule has 0 bridgehead atoms. The molecule has 3 unspecified atom stereocenters. The number of hydrogen-bond donors (Lipinski definition) is 1. The van der Waals surface area contributed by atoms with Crippen molar-refractivity contribution >= 4 is 23.2 Å². The first-order valence-electron chi connectivity index (χ1n) is 8.22. The molecule has 2 nitrogen and oxygen atoms in total. The quantitative estimate of drug-likeness (QED) is 0.785. The number of carbonyl (C=O) groups is 1. The summed E-state index contributed by atoms with van der Waals surface area (Å²) in [6.45, 7) is 0. The molecule has 0 aromatic heterocycles. The fourth-order valence-corrected chi connectivity index (χ4v) is 4.25. The molecule has 0 radical (unpaired) electrons. The van der Waals surface area contributed by atoms with Gasteiger partial charge in [-0.05, 0) is 48.8 Å². The van der Waals surface area contributed by atoms with Gasteiger partial charge in [-0.2, -0.15) is 0 Å². The highest BCUT2D eigenvalue weighted by Crippen LogP contribution is 2.42. The number of hydrogen-bond acceptors (Lipinski definition) is 1. The van der Waals surface area contributed by atoms with Crippen LogP contribution in [-0.4, -0.2) is 5.91 Å². The van der Waals surface area contributed by atoms with Gasteiger partial charge in [0.15, 0.2) is 0 Å². The van der Waals surface area contributed by atoms with E-state index in [4.69, 9.17) is 11.6 Å². The fourth-order valence-electron chi connectivity index (χ4n) is 4.09. The summed E-state index contributed by atoms with van der Waals surface area (Å²) in [5, 5.41) is 3.08. The van der Waals surface area contributed by atoms with E-state index >= 15 is 0 Å². The normalized spacial score (nSPS) is 28.7. The smallest absolute Gasteiger partial charge is 0.227 e. The molecule has 0 heterocycles. The number of benzene rings is 1. The first-order chi connectivity index (χ1) is 10.3. The van der Waals surface area contributed by atoms with E-state index < -0.39 is 0 Å². The van der Waals surface area contributed by atoms with Gasteiger partial charge >= 0.3 is 0 Å². The Hall–Kier alpha value is -1.02. The summed E-state index contributed by atoms with van der Waals surface area (Å²) in [5.41, 5.74) is 1.93. The first kappa shape index (κ1) is 14.9. The number of anilines is 1. The van der Waals surface area contributed by atoms with Crippen molar-refractivity contribution in [3.63, 3.8) is 0 Å². The minimum absolute atomic E-state index is 0.198. The van der Waals surface area contributed by atoms with Crippen molar-refractivity contribution in [1.82, 2.24) is 0 Å². The van der Waals surface area contributed by atoms with Crippen LogP contribution in [0.5, 0.6) is 0 Å². The molecule has 1 aromatic carbocycles. The Morgan fingerprint density at radius 3 is 2.76 bits per heavy atom. The van der Waals surface area contributed by atoms with Crippen LogP contribution in [0.15, 0.2) is 24.3 Å². The third kappa shape index (κ3) is 3.60. The number of halogens is 1. The van der Waals surface area contributed by atoms with Crippen LogP contribution in [0.2, 0.25) is 0 Å². The second-order valence-corrected chi connectivity index (χ2v) is 6.91. The third-order valence-corrected chi connectivity index (χ3v) is 5.57. The van der Waals surface area contributed by atoms with Gasteiger partial charge in [0.1, 0.15) is 0 Å². The zero-order valence-corrected chi connectivity index (χ0v) is 13.2. The van der Waals surface area contributed by atoms with Gasteiger partial charge in [-0.1, -0.05) is 37.8 Å². The van der Waals surface area contributed by atoms with Gasteiger partial charge < -0.3 is 5.32 Å². The van der Waals surface area contributed by atoms with E-state index in [1.807, 2.05) is 24.3 Å². The zero-order valence-electron chi connectivity index (χ0n) is 12.5. The van der Waals surface area contributed by atoms with E-state index in [1.165, 1.54) is 32.1 Å². The molecule has 1 amide bonds. The molecule has 0 saturated heterocycles. The van der Waals surface area contributed by atoms with E-state index in [9.17, 15) is 4.79 Å². The maximum Gasteiger partial charge on any atom is 0.227 e. The lowest BCUT2D eigenvalue weighted by Crippen LogP contribution is -2.33. The Kier molecular flexibility index (Phi) is 4.84. The number of fused-ring (bicyclic) bond motifs is 1. The topological polar surface area (TPSA) is 29.1 Å².